The van der Waals surface area contributed by atoms with Crippen LogP contribution in [0.4, 0.5) is 0 Å². The summed E-state index contributed by atoms with van der Waals surface area (Å²) in [5.74, 6) is -0.857. The molecule has 0 atom stereocenters. The number of carbonyl (C=O) groups excluding carboxylic acids is 1. The summed E-state index contributed by atoms with van der Waals surface area (Å²) in [4.78, 5) is 26.8. The van der Waals surface area contributed by atoms with Gasteiger partial charge in [-0.2, -0.15) is 0 Å². The highest BCUT2D eigenvalue weighted by Crippen LogP contribution is 2.36. The maximum absolute atomic E-state index is 12.1. The van der Waals surface area contributed by atoms with Crippen molar-refractivity contribution in [1.82, 2.24) is 10.3 Å². The van der Waals surface area contributed by atoms with Gasteiger partial charge in [0.25, 0.3) is 5.91 Å². The third kappa shape index (κ3) is 4.30. The maximum atomic E-state index is 12.1. The van der Waals surface area contributed by atoms with Crippen LogP contribution in [0, 0.1) is 0 Å². The predicted octanol–water partition coefficient (Wildman–Crippen LogP) is 4.21. The third-order valence-electron chi connectivity index (χ3n) is 4.65. The summed E-state index contributed by atoms with van der Waals surface area (Å²) in [6.45, 7) is -0.560. The van der Waals surface area contributed by atoms with Crippen molar-refractivity contribution in [3.63, 3.8) is 0 Å². The summed E-state index contributed by atoms with van der Waals surface area (Å²) in [5.41, 5.74) is 1.48. The average Bonchev–Trinajstić information content (AvgIpc) is 2.78. The number of ether oxygens (including phenoxy) is 1. The van der Waals surface area contributed by atoms with Crippen molar-refractivity contribution in [2.75, 3.05) is 6.54 Å². The summed E-state index contributed by atoms with van der Waals surface area (Å²) in [7, 11) is 0. The molecule has 0 saturated heterocycles. The van der Waals surface area contributed by atoms with Gasteiger partial charge in [-0.1, -0.05) is 42.5 Å². The van der Waals surface area contributed by atoms with Crippen LogP contribution in [0.1, 0.15) is 10.5 Å². The molecular formula is C24H18N2O5. The van der Waals surface area contributed by atoms with Gasteiger partial charge in [-0.05, 0) is 35.9 Å². The number of carbonyl (C=O) groups is 2. The van der Waals surface area contributed by atoms with Crippen LogP contribution in [0.25, 0.3) is 21.9 Å². The van der Waals surface area contributed by atoms with Gasteiger partial charge in [-0.25, -0.2) is 4.98 Å². The number of hydrogen-bond donors (Lipinski definition) is 3. The maximum Gasteiger partial charge on any atom is 0.322 e. The van der Waals surface area contributed by atoms with E-state index in [-0.39, 0.29) is 11.4 Å². The van der Waals surface area contributed by atoms with Crippen LogP contribution in [0.2, 0.25) is 0 Å². The van der Waals surface area contributed by atoms with Gasteiger partial charge in [0.15, 0.2) is 11.4 Å². The number of hydrogen-bond acceptors (Lipinski definition) is 5. The fourth-order valence-electron chi connectivity index (χ4n) is 3.19. The highest BCUT2D eigenvalue weighted by molar-refractivity contribution is 6.03. The minimum absolute atomic E-state index is 0.227. The van der Waals surface area contributed by atoms with Crippen LogP contribution >= 0.6 is 0 Å². The number of aliphatic carboxylic acids is 1. The number of benzene rings is 3. The zero-order chi connectivity index (χ0) is 21.8. The van der Waals surface area contributed by atoms with E-state index in [1.54, 1.807) is 6.07 Å². The van der Waals surface area contributed by atoms with Crippen molar-refractivity contribution in [3.8, 4) is 28.4 Å². The molecule has 1 amide bonds. The molecule has 4 rings (SSSR count). The normalized spacial score (nSPS) is 10.6. The van der Waals surface area contributed by atoms with Gasteiger partial charge < -0.3 is 20.3 Å². The molecule has 7 heteroatoms. The Balaban J connectivity index is 1.69. The molecule has 1 heterocycles. The first-order valence-electron chi connectivity index (χ1n) is 9.47. The monoisotopic (exact) mass is 414 g/mol. The molecule has 1 aromatic heterocycles. The molecule has 4 aromatic rings. The second-order valence-electron chi connectivity index (χ2n) is 6.75. The number of pyridine rings is 1. The number of para-hydroxylation sites is 2. The molecule has 154 valence electrons. The number of amides is 1. The van der Waals surface area contributed by atoms with Gasteiger partial charge in [0.05, 0.1) is 0 Å². The Morgan fingerprint density at radius 1 is 0.968 bits per heavy atom. The smallest absolute Gasteiger partial charge is 0.322 e. The van der Waals surface area contributed by atoms with Crippen molar-refractivity contribution >= 4 is 22.6 Å². The minimum Gasteiger partial charge on any atom is -0.505 e. The molecular weight excluding hydrogens is 396 g/mol. The van der Waals surface area contributed by atoms with Crippen LogP contribution in [-0.4, -0.2) is 33.6 Å². The second-order valence-corrected chi connectivity index (χ2v) is 6.75. The number of nitrogens with one attached hydrogen (secondary N) is 1. The van der Waals surface area contributed by atoms with Crippen molar-refractivity contribution in [3.05, 3.63) is 84.7 Å². The van der Waals surface area contributed by atoms with Gasteiger partial charge >= 0.3 is 5.97 Å². The van der Waals surface area contributed by atoms with E-state index in [2.05, 4.69) is 10.3 Å². The van der Waals surface area contributed by atoms with Gasteiger partial charge in [0.1, 0.15) is 18.0 Å². The summed E-state index contributed by atoms with van der Waals surface area (Å²) in [6.07, 6.45) is 1.47. The zero-order valence-electron chi connectivity index (χ0n) is 16.3. The molecule has 0 aliphatic carbocycles. The number of aromatic hydroxyl groups is 1. The van der Waals surface area contributed by atoms with E-state index in [0.29, 0.717) is 22.3 Å². The van der Waals surface area contributed by atoms with E-state index < -0.39 is 18.4 Å². The van der Waals surface area contributed by atoms with E-state index in [9.17, 15) is 14.7 Å². The Labute approximate surface area is 177 Å². The summed E-state index contributed by atoms with van der Waals surface area (Å²) in [5, 5.41) is 22.4. The molecule has 0 radical (unpaired) electrons. The molecule has 0 fully saturated rings. The summed E-state index contributed by atoms with van der Waals surface area (Å²) < 4.78 is 6.03. The third-order valence-corrected chi connectivity index (χ3v) is 4.65. The van der Waals surface area contributed by atoms with Crippen molar-refractivity contribution < 1.29 is 24.5 Å². The van der Waals surface area contributed by atoms with E-state index in [1.165, 1.54) is 6.20 Å². The number of aromatic nitrogens is 1. The Bertz CT molecular complexity index is 1270. The number of rotatable bonds is 6. The lowest BCUT2D eigenvalue weighted by Crippen LogP contribution is -2.29. The number of carboxylic acid groups (broad SMARTS) is 1. The molecule has 31 heavy (non-hydrogen) atoms. The van der Waals surface area contributed by atoms with Crippen LogP contribution in [0.15, 0.2) is 79.0 Å². The van der Waals surface area contributed by atoms with Crippen molar-refractivity contribution in [1.29, 1.82) is 0 Å². The molecule has 0 unspecified atom stereocenters. The van der Waals surface area contributed by atoms with Gasteiger partial charge in [-0.15, -0.1) is 0 Å². The lowest BCUT2D eigenvalue weighted by Gasteiger charge is -2.13. The number of carboxylic acids is 1. The first-order chi connectivity index (χ1) is 15.0. The Kier molecular flexibility index (Phi) is 5.49. The van der Waals surface area contributed by atoms with Crippen LogP contribution in [-0.2, 0) is 4.79 Å². The van der Waals surface area contributed by atoms with Crippen LogP contribution in [0.3, 0.4) is 0 Å². The first kappa shape index (κ1) is 19.9. The highest BCUT2D eigenvalue weighted by Gasteiger charge is 2.17. The van der Waals surface area contributed by atoms with Crippen LogP contribution in [0.5, 0.6) is 17.2 Å². The molecule has 0 saturated carbocycles. The molecule has 7 nitrogen and oxygen atoms in total. The topological polar surface area (TPSA) is 109 Å². The molecule has 0 bridgehead atoms. The lowest BCUT2D eigenvalue weighted by molar-refractivity contribution is -0.135. The largest absolute Gasteiger partial charge is 0.505 e. The van der Waals surface area contributed by atoms with Crippen LogP contribution < -0.4 is 10.1 Å². The van der Waals surface area contributed by atoms with Crippen molar-refractivity contribution in [2.24, 2.45) is 0 Å². The SMILES string of the molecule is O=C(O)CNC(=O)c1ncc2cc(-c3ccccc3Oc3ccccc3)ccc2c1O. The average molecular weight is 414 g/mol. The summed E-state index contributed by atoms with van der Waals surface area (Å²) >= 11 is 0. The lowest BCUT2D eigenvalue weighted by atomic mass is 10.0. The quantitative estimate of drug-likeness (QED) is 0.436. The second kappa shape index (κ2) is 8.54. The van der Waals surface area contributed by atoms with Gasteiger partial charge in [0.2, 0.25) is 0 Å². The highest BCUT2D eigenvalue weighted by atomic mass is 16.5. The zero-order valence-corrected chi connectivity index (χ0v) is 16.3. The molecule has 0 aliphatic heterocycles. The van der Waals surface area contributed by atoms with Gasteiger partial charge in [0, 0.05) is 22.5 Å². The first-order valence-corrected chi connectivity index (χ1v) is 9.47. The molecule has 0 spiro atoms. The van der Waals surface area contributed by atoms with Crippen molar-refractivity contribution in [2.45, 2.75) is 0 Å². The minimum atomic E-state index is -1.19. The van der Waals surface area contributed by atoms with E-state index >= 15 is 0 Å². The molecule has 3 aromatic carbocycles. The van der Waals surface area contributed by atoms with Gasteiger partial charge in [-0.3, -0.25) is 9.59 Å². The fourth-order valence-corrected chi connectivity index (χ4v) is 3.19. The standard InChI is InChI=1S/C24H18N2O5/c27-21(28)14-26-24(30)22-23(29)19-11-10-15(12-16(19)13-25-22)18-8-4-5-9-20(18)31-17-6-2-1-3-7-17/h1-13,29H,14H2,(H,26,30)(H,27,28). The summed E-state index contributed by atoms with van der Waals surface area (Å²) in [6, 6.07) is 22.4. The van der Waals surface area contributed by atoms with E-state index in [4.69, 9.17) is 9.84 Å². The Morgan fingerprint density at radius 2 is 1.71 bits per heavy atom. The Morgan fingerprint density at radius 3 is 2.48 bits per heavy atom. The fraction of sp³-hybridized carbons (Fsp3) is 0.0417. The Hall–Kier alpha value is -4.39. The van der Waals surface area contributed by atoms with E-state index in [1.807, 2.05) is 66.7 Å². The number of nitrogens with zero attached hydrogens (tertiary/aromatic N) is 1. The predicted molar refractivity (Wildman–Crippen MR) is 115 cm³/mol. The molecule has 0 aliphatic rings. The van der Waals surface area contributed by atoms with E-state index in [0.717, 1.165) is 11.1 Å². The molecule has 3 N–H and O–H groups in total. The number of fused-ring (bicyclic) bond motifs is 1.